The van der Waals surface area contributed by atoms with Gasteiger partial charge in [0.1, 0.15) is 5.15 Å². The van der Waals surface area contributed by atoms with Crippen LogP contribution in [0.15, 0.2) is 18.3 Å². The van der Waals surface area contributed by atoms with E-state index in [-0.39, 0.29) is 5.91 Å². The maximum Gasteiger partial charge on any atom is 0.248 e. The van der Waals surface area contributed by atoms with Crippen LogP contribution in [0.1, 0.15) is 30.8 Å². The van der Waals surface area contributed by atoms with E-state index in [1.165, 1.54) is 6.08 Å². The quantitative estimate of drug-likeness (QED) is 0.677. The molecule has 8 heteroatoms. The van der Waals surface area contributed by atoms with Crippen molar-refractivity contribution in [1.82, 2.24) is 24.5 Å². The van der Waals surface area contributed by atoms with Crippen LogP contribution in [0.5, 0.6) is 0 Å². The lowest BCUT2D eigenvalue weighted by molar-refractivity contribution is -0.111. The number of amides is 1. The van der Waals surface area contributed by atoms with Gasteiger partial charge in [-0.15, -0.1) is 0 Å². The van der Waals surface area contributed by atoms with Crippen LogP contribution in [0.3, 0.4) is 0 Å². The Morgan fingerprint density at radius 2 is 2.04 bits per heavy atom. The molecule has 1 N–H and O–H groups in total. The molecule has 0 saturated heterocycles. The first-order valence-corrected chi connectivity index (χ1v) is 9.15. The van der Waals surface area contributed by atoms with Gasteiger partial charge in [0.2, 0.25) is 5.91 Å². The summed E-state index contributed by atoms with van der Waals surface area (Å²) in [4.78, 5) is 16.7. The molecule has 0 aliphatic carbocycles. The number of aromatic nitrogens is 5. The maximum atomic E-state index is 12.3. The van der Waals surface area contributed by atoms with Gasteiger partial charge in [0.05, 0.1) is 23.3 Å². The number of carbonyl (C=O) groups is 1. The molecule has 0 aromatic carbocycles. The van der Waals surface area contributed by atoms with E-state index in [2.05, 4.69) is 34.3 Å². The fourth-order valence-corrected chi connectivity index (χ4v) is 3.25. The highest BCUT2D eigenvalue weighted by Gasteiger charge is 2.13. The Kier molecular flexibility index (Phi) is 5.32. The van der Waals surface area contributed by atoms with Crippen molar-refractivity contribution in [3.8, 4) is 0 Å². The largest absolute Gasteiger partial charge is 0.321 e. The van der Waals surface area contributed by atoms with E-state index in [1.54, 1.807) is 21.6 Å². The Hall–Kier alpha value is -2.67. The van der Waals surface area contributed by atoms with Crippen molar-refractivity contribution in [2.24, 2.45) is 13.0 Å². The summed E-state index contributed by atoms with van der Waals surface area (Å²) in [5.74, 6) is 0.171. The molecule has 3 aromatic rings. The predicted octanol–water partition coefficient (Wildman–Crippen LogP) is 3.74. The number of anilines is 1. The average molecular weight is 387 g/mol. The van der Waals surface area contributed by atoms with Gasteiger partial charge in [-0.3, -0.25) is 14.2 Å². The first kappa shape index (κ1) is 19.1. The van der Waals surface area contributed by atoms with E-state index in [0.29, 0.717) is 16.8 Å². The van der Waals surface area contributed by atoms with Crippen molar-refractivity contribution in [1.29, 1.82) is 0 Å². The van der Waals surface area contributed by atoms with Crippen LogP contribution in [0.25, 0.3) is 17.1 Å². The zero-order valence-electron chi connectivity index (χ0n) is 16.1. The second kappa shape index (κ2) is 7.52. The Bertz CT molecular complexity index is 1030. The van der Waals surface area contributed by atoms with Crippen molar-refractivity contribution >= 4 is 40.3 Å². The third-order valence-electron chi connectivity index (χ3n) is 4.18. The maximum absolute atomic E-state index is 12.3. The fourth-order valence-electron chi connectivity index (χ4n) is 2.94. The highest BCUT2D eigenvalue weighted by molar-refractivity contribution is 6.31. The monoisotopic (exact) mass is 386 g/mol. The van der Waals surface area contributed by atoms with E-state index in [9.17, 15) is 4.79 Å². The first-order chi connectivity index (χ1) is 12.8. The van der Waals surface area contributed by atoms with Crippen LogP contribution < -0.4 is 5.32 Å². The number of nitrogens with zero attached hydrogens (tertiary/aromatic N) is 5. The second-order valence-corrected chi connectivity index (χ2v) is 7.35. The van der Waals surface area contributed by atoms with Gasteiger partial charge in [-0.2, -0.15) is 10.2 Å². The lowest BCUT2D eigenvalue weighted by atomic mass is 10.2. The van der Waals surface area contributed by atoms with Crippen LogP contribution in [0.2, 0.25) is 5.15 Å². The topological polar surface area (TPSA) is 77.6 Å². The number of nitrogens with one attached hydrogen (secondary N) is 1. The SMILES string of the molecule is Cc1nn(CC(C)C)c(Cl)c1/C=C/C(=O)Nc1cnc2c(c1)c(C)nn2C. The molecule has 3 aromatic heterocycles. The van der Waals surface area contributed by atoms with Crippen LogP contribution >= 0.6 is 11.6 Å². The van der Waals surface area contributed by atoms with Crippen molar-refractivity contribution in [3.05, 3.63) is 40.4 Å². The average Bonchev–Trinajstić information content (AvgIpc) is 3.01. The van der Waals surface area contributed by atoms with Gasteiger partial charge in [-0.05, 0) is 31.9 Å². The number of fused-ring (bicyclic) bond motifs is 1. The summed E-state index contributed by atoms with van der Waals surface area (Å²) >= 11 is 6.40. The van der Waals surface area contributed by atoms with E-state index >= 15 is 0 Å². The Balaban J connectivity index is 1.76. The molecule has 0 atom stereocenters. The van der Waals surface area contributed by atoms with E-state index in [4.69, 9.17) is 11.6 Å². The highest BCUT2D eigenvalue weighted by Crippen LogP contribution is 2.23. The molecular formula is C19H23ClN6O. The molecule has 0 aliphatic heterocycles. The lowest BCUT2D eigenvalue weighted by Gasteiger charge is -2.05. The fraction of sp³-hybridized carbons (Fsp3) is 0.368. The molecule has 0 fully saturated rings. The Labute approximate surface area is 163 Å². The molecule has 3 rings (SSSR count). The molecule has 0 bridgehead atoms. The minimum absolute atomic E-state index is 0.259. The normalized spacial score (nSPS) is 11.8. The summed E-state index contributed by atoms with van der Waals surface area (Å²) < 4.78 is 3.48. The Morgan fingerprint density at radius 3 is 2.74 bits per heavy atom. The molecule has 0 saturated carbocycles. The first-order valence-electron chi connectivity index (χ1n) is 8.77. The summed E-state index contributed by atoms with van der Waals surface area (Å²) in [5, 5.41) is 13.0. The molecule has 0 radical (unpaired) electrons. The summed E-state index contributed by atoms with van der Waals surface area (Å²) in [7, 11) is 1.84. The number of hydrogen-bond acceptors (Lipinski definition) is 4. The molecule has 1 amide bonds. The number of rotatable bonds is 5. The third kappa shape index (κ3) is 4.03. The lowest BCUT2D eigenvalue weighted by Crippen LogP contribution is -2.08. The van der Waals surface area contributed by atoms with Gasteiger partial charge < -0.3 is 5.32 Å². The molecule has 0 aliphatic rings. The van der Waals surface area contributed by atoms with E-state index in [0.717, 1.165) is 34.5 Å². The number of aryl methyl sites for hydroxylation is 3. The molecule has 7 nitrogen and oxygen atoms in total. The van der Waals surface area contributed by atoms with Crippen molar-refractivity contribution < 1.29 is 4.79 Å². The molecule has 142 valence electrons. The molecule has 3 heterocycles. The zero-order chi connectivity index (χ0) is 19.7. The summed E-state index contributed by atoms with van der Waals surface area (Å²) in [6.07, 6.45) is 4.77. The summed E-state index contributed by atoms with van der Waals surface area (Å²) in [6.45, 7) is 8.73. The van der Waals surface area contributed by atoms with Gasteiger partial charge in [0.15, 0.2) is 5.65 Å². The van der Waals surface area contributed by atoms with E-state index < -0.39 is 0 Å². The predicted molar refractivity (Wildman–Crippen MR) is 108 cm³/mol. The number of pyridine rings is 1. The van der Waals surface area contributed by atoms with Gasteiger partial charge in [-0.25, -0.2) is 4.98 Å². The van der Waals surface area contributed by atoms with Crippen LogP contribution in [-0.2, 0) is 18.4 Å². The van der Waals surface area contributed by atoms with Crippen LogP contribution in [0.4, 0.5) is 5.69 Å². The minimum Gasteiger partial charge on any atom is -0.321 e. The number of carbonyl (C=O) groups excluding carboxylic acids is 1. The van der Waals surface area contributed by atoms with E-state index in [1.807, 2.05) is 27.0 Å². The Morgan fingerprint density at radius 1 is 1.30 bits per heavy atom. The van der Waals surface area contributed by atoms with Crippen LogP contribution in [-0.4, -0.2) is 30.5 Å². The molecule has 0 unspecified atom stereocenters. The van der Waals surface area contributed by atoms with Gasteiger partial charge >= 0.3 is 0 Å². The number of halogens is 1. The van der Waals surface area contributed by atoms with Crippen molar-refractivity contribution in [2.75, 3.05) is 5.32 Å². The second-order valence-electron chi connectivity index (χ2n) is 6.99. The third-order valence-corrected chi connectivity index (χ3v) is 4.58. The van der Waals surface area contributed by atoms with Gasteiger partial charge in [0.25, 0.3) is 0 Å². The van der Waals surface area contributed by atoms with Crippen LogP contribution in [0, 0.1) is 19.8 Å². The molecule has 0 spiro atoms. The van der Waals surface area contributed by atoms with Crippen molar-refractivity contribution in [2.45, 2.75) is 34.2 Å². The molecular weight excluding hydrogens is 364 g/mol. The van der Waals surface area contributed by atoms with Gasteiger partial charge in [-0.1, -0.05) is 25.4 Å². The smallest absolute Gasteiger partial charge is 0.248 e. The number of hydrogen-bond donors (Lipinski definition) is 1. The molecule has 27 heavy (non-hydrogen) atoms. The highest BCUT2D eigenvalue weighted by atomic mass is 35.5. The summed E-state index contributed by atoms with van der Waals surface area (Å²) in [5.41, 5.74) is 3.81. The zero-order valence-corrected chi connectivity index (χ0v) is 16.9. The van der Waals surface area contributed by atoms with Gasteiger partial charge in [0, 0.05) is 30.6 Å². The minimum atomic E-state index is -0.259. The summed E-state index contributed by atoms with van der Waals surface area (Å²) in [6, 6.07) is 1.87. The van der Waals surface area contributed by atoms with Crippen molar-refractivity contribution in [3.63, 3.8) is 0 Å². The standard InChI is InChI=1S/C19H23ClN6O/c1-11(2)10-26-18(20)15(12(3)24-26)6-7-17(27)22-14-8-16-13(4)23-25(5)19(16)21-9-14/h6-9,11H,10H2,1-5H3,(H,22,27)/b7-6+.